The zero-order valence-corrected chi connectivity index (χ0v) is 8.66. The first-order chi connectivity index (χ1) is 6.64. The molecule has 2 rings (SSSR count). The topological polar surface area (TPSA) is 29.5 Å². The molecule has 14 heavy (non-hydrogen) atoms. The highest BCUT2D eigenvalue weighted by atomic mass is 16.5. The smallest absolute Gasteiger partial charge is 0.115 e. The fraction of sp³-hybridized carbons (Fsp3) is 0.500. The van der Waals surface area contributed by atoms with Crippen LogP contribution in [-0.4, -0.2) is 11.7 Å². The van der Waals surface area contributed by atoms with Crippen molar-refractivity contribution in [2.24, 2.45) is 5.92 Å². The van der Waals surface area contributed by atoms with E-state index in [1.165, 1.54) is 0 Å². The van der Waals surface area contributed by atoms with Gasteiger partial charge in [-0.3, -0.25) is 0 Å². The van der Waals surface area contributed by atoms with Crippen LogP contribution in [0.1, 0.15) is 25.0 Å². The molecule has 1 aliphatic heterocycles. The van der Waals surface area contributed by atoms with Crippen molar-refractivity contribution < 1.29 is 9.84 Å². The van der Waals surface area contributed by atoms with Gasteiger partial charge in [-0.25, -0.2) is 0 Å². The molecule has 1 aromatic carbocycles. The molecule has 0 aromatic heterocycles. The molecule has 0 amide bonds. The summed E-state index contributed by atoms with van der Waals surface area (Å²) in [7, 11) is 0. The van der Waals surface area contributed by atoms with Gasteiger partial charge in [0, 0.05) is 0 Å². The number of benzene rings is 1. The number of ether oxygens (including phenoxy) is 1. The maximum atomic E-state index is 10.5. The molecule has 2 nitrogen and oxygen atoms in total. The van der Waals surface area contributed by atoms with E-state index in [4.69, 9.17) is 4.74 Å². The van der Waals surface area contributed by atoms with Gasteiger partial charge in [0.15, 0.2) is 0 Å². The molecule has 1 atom stereocenters. The van der Waals surface area contributed by atoms with Crippen molar-refractivity contribution in [3.63, 3.8) is 0 Å². The van der Waals surface area contributed by atoms with Crippen LogP contribution in [0.25, 0.3) is 0 Å². The largest absolute Gasteiger partial charge is 0.382 e. The lowest BCUT2D eigenvalue weighted by Gasteiger charge is -2.37. The molecule has 1 aliphatic rings. The van der Waals surface area contributed by atoms with Crippen LogP contribution in [-0.2, 0) is 16.9 Å². The van der Waals surface area contributed by atoms with Crippen molar-refractivity contribution in [1.82, 2.24) is 0 Å². The van der Waals surface area contributed by atoms with Crippen molar-refractivity contribution in [3.8, 4) is 0 Å². The summed E-state index contributed by atoms with van der Waals surface area (Å²) in [6.45, 7) is 5.06. The van der Waals surface area contributed by atoms with Crippen molar-refractivity contribution >= 4 is 0 Å². The van der Waals surface area contributed by atoms with E-state index >= 15 is 0 Å². The predicted octanol–water partition coefficient (Wildman–Crippen LogP) is 2.06. The average Bonchev–Trinajstić information content (AvgIpc) is 2.18. The van der Waals surface area contributed by atoms with Crippen molar-refractivity contribution in [1.29, 1.82) is 0 Å². The minimum absolute atomic E-state index is 0.170. The Morgan fingerprint density at radius 2 is 2.07 bits per heavy atom. The normalized spacial score (nSPS) is 26.3. The van der Waals surface area contributed by atoms with Crippen LogP contribution in [0.5, 0.6) is 0 Å². The lowest BCUT2D eigenvalue weighted by Crippen LogP contribution is -2.40. The van der Waals surface area contributed by atoms with Crippen molar-refractivity contribution in [2.75, 3.05) is 6.61 Å². The van der Waals surface area contributed by atoms with E-state index in [1.807, 2.05) is 38.1 Å². The Kier molecular flexibility index (Phi) is 2.33. The Balaban J connectivity index is 2.50. The highest BCUT2D eigenvalue weighted by Gasteiger charge is 2.37. The standard InChI is InChI=1S/C12H16O2/c1-9(2)12(13)8-14-7-10-5-3-4-6-11(10)12/h3-6,9,13H,7-8H2,1-2H3. The summed E-state index contributed by atoms with van der Waals surface area (Å²) in [6, 6.07) is 7.96. The predicted molar refractivity (Wildman–Crippen MR) is 54.8 cm³/mol. The maximum Gasteiger partial charge on any atom is 0.115 e. The van der Waals surface area contributed by atoms with Crippen LogP contribution in [0.2, 0.25) is 0 Å². The third-order valence-corrected chi connectivity index (χ3v) is 3.02. The fourth-order valence-electron chi connectivity index (χ4n) is 1.94. The summed E-state index contributed by atoms with van der Waals surface area (Å²) in [5.74, 6) is 0.170. The number of rotatable bonds is 1. The van der Waals surface area contributed by atoms with Crippen LogP contribution in [0.15, 0.2) is 24.3 Å². The molecule has 0 aliphatic carbocycles. The number of hydrogen-bond donors (Lipinski definition) is 1. The molecule has 2 heteroatoms. The molecule has 1 N–H and O–H groups in total. The van der Waals surface area contributed by atoms with Crippen LogP contribution < -0.4 is 0 Å². The van der Waals surface area contributed by atoms with Crippen LogP contribution >= 0.6 is 0 Å². The van der Waals surface area contributed by atoms with Gasteiger partial charge >= 0.3 is 0 Å². The molecule has 0 bridgehead atoms. The highest BCUT2D eigenvalue weighted by molar-refractivity contribution is 5.34. The summed E-state index contributed by atoms with van der Waals surface area (Å²) < 4.78 is 5.42. The van der Waals surface area contributed by atoms with Crippen LogP contribution in [0.4, 0.5) is 0 Å². The molecule has 76 valence electrons. The molecule has 0 spiro atoms. The second kappa shape index (κ2) is 3.37. The summed E-state index contributed by atoms with van der Waals surface area (Å²) in [4.78, 5) is 0. The molecule has 1 unspecified atom stereocenters. The third kappa shape index (κ3) is 1.35. The minimum Gasteiger partial charge on any atom is -0.382 e. The van der Waals surface area contributed by atoms with Gasteiger partial charge in [-0.2, -0.15) is 0 Å². The number of aliphatic hydroxyl groups is 1. The summed E-state index contributed by atoms with van der Waals surface area (Å²) in [6.07, 6.45) is 0. The Bertz CT molecular complexity index is 333. The first-order valence-electron chi connectivity index (χ1n) is 5.03. The Morgan fingerprint density at radius 1 is 1.36 bits per heavy atom. The van der Waals surface area contributed by atoms with Gasteiger partial charge in [0.05, 0.1) is 13.2 Å². The van der Waals surface area contributed by atoms with E-state index in [0.29, 0.717) is 13.2 Å². The first kappa shape index (κ1) is 9.69. The summed E-state index contributed by atoms with van der Waals surface area (Å²) in [5.41, 5.74) is 1.32. The van der Waals surface area contributed by atoms with E-state index in [2.05, 4.69) is 0 Å². The molecular formula is C12H16O2. The summed E-state index contributed by atoms with van der Waals surface area (Å²) in [5, 5.41) is 10.5. The fourth-order valence-corrected chi connectivity index (χ4v) is 1.94. The van der Waals surface area contributed by atoms with Crippen molar-refractivity contribution in [3.05, 3.63) is 35.4 Å². The Labute approximate surface area is 84.5 Å². The zero-order chi connectivity index (χ0) is 10.2. The van der Waals surface area contributed by atoms with E-state index in [-0.39, 0.29) is 5.92 Å². The van der Waals surface area contributed by atoms with Crippen LogP contribution in [0, 0.1) is 5.92 Å². The molecule has 1 aromatic rings. The molecular weight excluding hydrogens is 176 g/mol. The van der Waals surface area contributed by atoms with E-state index in [9.17, 15) is 5.11 Å². The van der Waals surface area contributed by atoms with Gasteiger partial charge in [0.2, 0.25) is 0 Å². The SMILES string of the molecule is CC(C)C1(O)COCc2ccccc21. The van der Waals surface area contributed by atoms with E-state index in [0.717, 1.165) is 11.1 Å². The molecule has 0 saturated heterocycles. The zero-order valence-electron chi connectivity index (χ0n) is 8.66. The van der Waals surface area contributed by atoms with E-state index in [1.54, 1.807) is 0 Å². The average molecular weight is 192 g/mol. The lowest BCUT2D eigenvalue weighted by molar-refractivity contribution is -0.101. The molecule has 0 fully saturated rings. The monoisotopic (exact) mass is 192 g/mol. The highest BCUT2D eigenvalue weighted by Crippen LogP contribution is 2.35. The van der Waals surface area contributed by atoms with Crippen molar-refractivity contribution in [2.45, 2.75) is 26.1 Å². The Morgan fingerprint density at radius 3 is 2.79 bits per heavy atom. The van der Waals surface area contributed by atoms with Crippen LogP contribution in [0.3, 0.4) is 0 Å². The van der Waals surface area contributed by atoms with Gasteiger partial charge in [0.1, 0.15) is 5.60 Å². The summed E-state index contributed by atoms with van der Waals surface area (Å²) >= 11 is 0. The van der Waals surface area contributed by atoms with Gasteiger partial charge in [0.25, 0.3) is 0 Å². The first-order valence-corrected chi connectivity index (χ1v) is 5.03. The number of hydrogen-bond acceptors (Lipinski definition) is 2. The minimum atomic E-state index is -0.811. The van der Waals surface area contributed by atoms with E-state index < -0.39 is 5.60 Å². The third-order valence-electron chi connectivity index (χ3n) is 3.02. The molecule has 1 heterocycles. The van der Waals surface area contributed by atoms with Gasteiger partial charge in [-0.05, 0) is 17.0 Å². The second-order valence-corrected chi connectivity index (χ2v) is 4.23. The molecule has 0 saturated carbocycles. The Hall–Kier alpha value is -0.860. The van der Waals surface area contributed by atoms with Gasteiger partial charge in [-0.15, -0.1) is 0 Å². The second-order valence-electron chi connectivity index (χ2n) is 4.23. The molecule has 0 radical (unpaired) electrons. The van der Waals surface area contributed by atoms with Gasteiger partial charge < -0.3 is 9.84 Å². The quantitative estimate of drug-likeness (QED) is 0.738. The number of fused-ring (bicyclic) bond motifs is 1. The maximum absolute atomic E-state index is 10.5. The lowest BCUT2D eigenvalue weighted by atomic mass is 9.80. The van der Waals surface area contributed by atoms with Gasteiger partial charge in [-0.1, -0.05) is 38.1 Å².